The Balaban J connectivity index is 2.01. The molecule has 116 valence electrons. The number of piperazine rings is 1. The summed E-state index contributed by atoms with van der Waals surface area (Å²) in [6, 6.07) is 4.72. The number of hydrogen-bond acceptors (Lipinski definition) is 4. The van der Waals surface area contributed by atoms with E-state index < -0.39 is 0 Å². The van der Waals surface area contributed by atoms with Gasteiger partial charge < -0.3 is 10.6 Å². The van der Waals surface area contributed by atoms with Gasteiger partial charge in [0.15, 0.2) is 5.78 Å². The van der Waals surface area contributed by atoms with Crippen molar-refractivity contribution in [3.63, 3.8) is 0 Å². The number of nitrogens with zero attached hydrogens (tertiary/aromatic N) is 2. The molecule has 0 radical (unpaired) electrons. The maximum absolute atomic E-state index is 14.1. The Kier molecular flexibility index (Phi) is 4.64. The van der Waals surface area contributed by atoms with Crippen molar-refractivity contribution < 1.29 is 9.18 Å². The topological polar surface area (TPSA) is 49.6 Å². The molecule has 5 heteroatoms. The van der Waals surface area contributed by atoms with Gasteiger partial charge in [0, 0.05) is 43.8 Å². The third-order valence-electron chi connectivity index (χ3n) is 3.70. The molecule has 1 aromatic rings. The number of benzene rings is 1. The Bertz CT molecular complexity index is 517. The van der Waals surface area contributed by atoms with Crippen molar-refractivity contribution in [2.45, 2.75) is 26.3 Å². The van der Waals surface area contributed by atoms with Crippen LogP contribution >= 0.6 is 0 Å². The highest BCUT2D eigenvalue weighted by Crippen LogP contribution is 2.22. The highest BCUT2D eigenvalue weighted by Gasteiger charge is 2.23. The molecular formula is C16H24FN3O. The van der Waals surface area contributed by atoms with Crippen LogP contribution in [0.1, 0.15) is 31.1 Å². The summed E-state index contributed by atoms with van der Waals surface area (Å²) in [5.74, 6) is -0.439. The Morgan fingerprint density at radius 3 is 2.38 bits per heavy atom. The van der Waals surface area contributed by atoms with E-state index in [0.29, 0.717) is 11.3 Å². The van der Waals surface area contributed by atoms with Crippen LogP contribution in [0.3, 0.4) is 0 Å². The van der Waals surface area contributed by atoms with Crippen LogP contribution in [0.15, 0.2) is 18.2 Å². The number of nitrogens with two attached hydrogens (primary N) is 1. The number of rotatable bonds is 4. The van der Waals surface area contributed by atoms with Crippen molar-refractivity contribution >= 4 is 11.5 Å². The van der Waals surface area contributed by atoms with Gasteiger partial charge in [-0.15, -0.1) is 0 Å². The highest BCUT2D eigenvalue weighted by molar-refractivity contribution is 5.94. The molecule has 1 heterocycles. The van der Waals surface area contributed by atoms with Gasteiger partial charge in [-0.2, -0.15) is 0 Å². The third-order valence-corrected chi connectivity index (χ3v) is 3.70. The predicted octanol–water partition coefficient (Wildman–Crippen LogP) is 1.89. The average molecular weight is 293 g/mol. The number of anilines is 1. The SMILES string of the molecule is CC(=O)c1ccc(N2CCN(CC(C)(C)N)CC2)c(F)c1. The van der Waals surface area contributed by atoms with Gasteiger partial charge in [-0.3, -0.25) is 9.69 Å². The first-order valence-corrected chi connectivity index (χ1v) is 7.33. The smallest absolute Gasteiger partial charge is 0.159 e. The Morgan fingerprint density at radius 2 is 1.90 bits per heavy atom. The molecule has 0 unspecified atom stereocenters. The van der Waals surface area contributed by atoms with E-state index in [0.717, 1.165) is 32.7 Å². The molecule has 0 amide bonds. The van der Waals surface area contributed by atoms with Gasteiger partial charge >= 0.3 is 0 Å². The maximum Gasteiger partial charge on any atom is 0.159 e. The molecule has 2 N–H and O–H groups in total. The number of Topliss-reactive ketones (excluding diaryl/α,β-unsaturated/α-hetero) is 1. The van der Waals surface area contributed by atoms with Crippen LogP contribution in [0.2, 0.25) is 0 Å². The second-order valence-corrected chi connectivity index (χ2v) is 6.47. The van der Waals surface area contributed by atoms with Crippen LogP contribution in [0.4, 0.5) is 10.1 Å². The lowest BCUT2D eigenvalue weighted by Gasteiger charge is -2.38. The van der Waals surface area contributed by atoms with E-state index in [1.165, 1.54) is 13.0 Å². The van der Waals surface area contributed by atoms with E-state index in [9.17, 15) is 9.18 Å². The second kappa shape index (κ2) is 6.12. The molecule has 1 aliphatic heterocycles. The molecule has 1 aliphatic rings. The van der Waals surface area contributed by atoms with Gasteiger partial charge in [-0.1, -0.05) is 0 Å². The molecular weight excluding hydrogens is 269 g/mol. The van der Waals surface area contributed by atoms with Crippen LogP contribution in [0, 0.1) is 5.82 Å². The van der Waals surface area contributed by atoms with Gasteiger partial charge in [0.05, 0.1) is 5.69 Å². The lowest BCUT2D eigenvalue weighted by Crippen LogP contribution is -2.53. The minimum Gasteiger partial charge on any atom is -0.367 e. The largest absolute Gasteiger partial charge is 0.367 e. The summed E-state index contributed by atoms with van der Waals surface area (Å²) in [7, 11) is 0. The first-order chi connectivity index (χ1) is 9.76. The minimum atomic E-state index is -0.324. The first-order valence-electron chi connectivity index (χ1n) is 7.33. The van der Waals surface area contributed by atoms with Gasteiger partial charge in [0.1, 0.15) is 5.82 Å². The standard InChI is InChI=1S/C16H24FN3O/c1-12(21)13-4-5-15(14(17)10-13)20-8-6-19(7-9-20)11-16(2,3)18/h4-5,10H,6-9,11,18H2,1-3H3. The first kappa shape index (κ1) is 15.9. The van der Waals surface area contributed by atoms with E-state index in [-0.39, 0.29) is 17.1 Å². The van der Waals surface area contributed by atoms with Crippen molar-refractivity contribution in [2.24, 2.45) is 5.73 Å². The van der Waals surface area contributed by atoms with E-state index >= 15 is 0 Å². The van der Waals surface area contributed by atoms with Crippen LogP contribution < -0.4 is 10.6 Å². The summed E-state index contributed by atoms with van der Waals surface area (Å²) >= 11 is 0. The number of hydrogen-bond donors (Lipinski definition) is 1. The fourth-order valence-corrected chi connectivity index (χ4v) is 2.71. The van der Waals surface area contributed by atoms with Crippen molar-refractivity contribution in [1.29, 1.82) is 0 Å². The highest BCUT2D eigenvalue weighted by atomic mass is 19.1. The van der Waals surface area contributed by atoms with E-state index in [2.05, 4.69) is 4.90 Å². The van der Waals surface area contributed by atoms with Crippen molar-refractivity contribution in [1.82, 2.24) is 4.90 Å². The lowest BCUT2D eigenvalue weighted by molar-refractivity contribution is 0.101. The predicted molar refractivity (Wildman–Crippen MR) is 83.3 cm³/mol. The summed E-state index contributed by atoms with van der Waals surface area (Å²) < 4.78 is 14.1. The Hall–Kier alpha value is -1.46. The summed E-state index contributed by atoms with van der Waals surface area (Å²) in [4.78, 5) is 15.6. The molecule has 4 nitrogen and oxygen atoms in total. The Morgan fingerprint density at radius 1 is 1.29 bits per heavy atom. The Labute approximate surface area is 125 Å². The molecule has 0 saturated carbocycles. The summed E-state index contributed by atoms with van der Waals surface area (Å²) in [6.45, 7) is 9.59. The van der Waals surface area contributed by atoms with Crippen molar-refractivity contribution in [3.05, 3.63) is 29.6 Å². The zero-order valence-electron chi connectivity index (χ0n) is 13.0. The van der Waals surface area contributed by atoms with Crippen LogP contribution in [-0.4, -0.2) is 48.9 Å². The summed E-state index contributed by atoms with van der Waals surface area (Å²) in [5, 5.41) is 0. The summed E-state index contributed by atoms with van der Waals surface area (Å²) in [5.41, 5.74) is 6.81. The maximum atomic E-state index is 14.1. The second-order valence-electron chi connectivity index (χ2n) is 6.47. The number of ketones is 1. The number of carbonyl (C=O) groups excluding carboxylic acids is 1. The van der Waals surface area contributed by atoms with Crippen molar-refractivity contribution in [2.75, 3.05) is 37.6 Å². The quantitative estimate of drug-likeness (QED) is 0.861. The number of carbonyl (C=O) groups is 1. The number of halogens is 1. The lowest BCUT2D eigenvalue weighted by atomic mass is 10.1. The van der Waals surface area contributed by atoms with Gasteiger partial charge in [-0.25, -0.2) is 4.39 Å². The van der Waals surface area contributed by atoms with Crippen LogP contribution in [-0.2, 0) is 0 Å². The van der Waals surface area contributed by atoms with E-state index in [1.807, 2.05) is 18.7 Å². The molecule has 1 saturated heterocycles. The molecule has 0 bridgehead atoms. The zero-order valence-corrected chi connectivity index (χ0v) is 13.0. The molecule has 0 aliphatic carbocycles. The fraction of sp³-hybridized carbons (Fsp3) is 0.562. The minimum absolute atomic E-state index is 0.115. The molecule has 1 aromatic carbocycles. The van der Waals surface area contributed by atoms with Gasteiger partial charge in [0.25, 0.3) is 0 Å². The monoisotopic (exact) mass is 293 g/mol. The normalized spacial score (nSPS) is 17.1. The third kappa shape index (κ3) is 4.25. The van der Waals surface area contributed by atoms with Crippen LogP contribution in [0.25, 0.3) is 0 Å². The molecule has 0 aromatic heterocycles. The van der Waals surface area contributed by atoms with E-state index in [4.69, 9.17) is 5.73 Å². The van der Waals surface area contributed by atoms with Crippen LogP contribution in [0.5, 0.6) is 0 Å². The molecule has 0 spiro atoms. The summed E-state index contributed by atoms with van der Waals surface area (Å²) in [6.07, 6.45) is 0. The van der Waals surface area contributed by atoms with Crippen molar-refractivity contribution in [3.8, 4) is 0 Å². The molecule has 2 rings (SSSR count). The van der Waals surface area contributed by atoms with Gasteiger partial charge in [-0.05, 0) is 39.0 Å². The van der Waals surface area contributed by atoms with Gasteiger partial charge in [0.2, 0.25) is 0 Å². The molecule has 21 heavy (non-hydrogen) atoms. The molecule has 1 fully saturated rings. The molecule has 0 atom stereocenters. The zero-order chi connectivity index (χ0) is 15.6. The van der Waals surface area contributed by atoms with E-state index in [1.54, 1.807) is 12.1 Å². The average Bonchev–Trinajstić information content (AvgIpc) is 2.38. The fourth-order valence-electron chi connectivity index (χ4n) is 2.71.